The van der Waals surface area contributed by atoms with Crippen LogP contribution in [-0.4, -0.2) is 29.1 Å². The molecule has 7 nitrogen and oxygen atoms in total. The summed E-state index contributed by atoms with van der Waals surface area (Å²) in [5.74, 6) is 1.56. The van der Waals surface area contributed by atoms with Crippen LogP contribution >= 0.6 is 0 Å². The topological polar surface area (TPSA) is 95.1 Å². The average Bonchev–Trinajstić information content (AvgIpc) is 3.08. The molecular weight excluding hydrogens is 318 g/mol. The Bertz CT molecular complexity index is 770. The molecule has 1 aliphatic heterocycles. The minimum Gasteiger partial charge on any atom is -0.359 e. The van der Waals surface area contributed by atoms with Gasteiger partial charge in [-0.3, -0.25) is 4.79 Å². The van der Waals surface area contributed by atoms with Crippen LogP contribution in [-0.2, 0) is 4.79 Å². The smallest absolute Gasteiger partial charge is 0.223 e. The molecule has 1 aliphatic rings. The van der Waals surface area contributed by atoms with Crippen molar-refractivity contribution in [2.45, 2.75) is 32.7 Å². The summed E-state index contributed by atoms with van der Waals surface area (Å²) in [5.41, 5.74) is 1.36. The van der Waals surface area contributed by atoms with Gasteiger partial charge in [0.2, 0.25) is 5.91 Å². The third kappa shape index (κ3) is 3.97. The number of aryl methyl sites for hydroxylation is 1. The van der Waals surface area contributed by atoms with Gasteiger partial charge in [-0.1, -0.05) is 5.16 Å². The van der Waals surface area contributed by atoms with Gasteiger partial charge < -0.3 is 14.7 Å². The van der Waals surface area contributed by atoms with Crippen molar-refractivity contribution >= 4 is 11.7 Å². The summed E-state index contributed by atoms with van der Waals surface area (Å²) in [4.78, 5) is 18.9. The van der Waals surface area contributed by atoms with E-state index >= 15 is 0 Å². The molecule has 7 heteroatoms. The molecule has 25 heavy (non-hydrogen) atoms. The molecule has 0 saturated carbocycles. The van der Waals surface area contributed by atoms with Crippen LogP contribution in [0.3, 0.4) is 0 Å². The monoisotopic (exact) mass is 339 g/mol. The number of piperidine rings is 1. The molecule has 1 atom stereocenters. The quantitative estimate of drug-likeness (QED) is 0.918. The van der Waals surface area contributed by atoms with Gasteiger partial charge in [-0.25, -0.2) is 4.98 Å². The van der Waals surface area contributed by atoms with E-state index in [0.717, 1.165) is 37.4 Å². The molecule has 0 bridgehead atoms. The van der Waals surface area contributed by atoms with Gasteiger partial charge in [0.1, 0.15) is 11.9 Å². The van der Waals surface area contributed by atoms with Crippen LogP contribution in [0.25, 0.3) is 0 Å². The lowest BCUT2D eigenvalue weighted by Crippen LogP contribution is -2.41. The van der Waals surface area contributed by atoms with Crippen molar-refractivity contribution < 1.29 is 9.32 Å². The number of carbonyl (C=O) groups excluding carboxylic acids is 1. The Kier molecular flexibility index (Phi) is 4.98. The van der Waals surface area contributed by atoms with E-state index in [2.05, 4.69) is 26.4 Å². The molecule has 2 aromatic rings. The van der Waals surface area contributed by atoms with Gasteiger partial charge in [0.25, 0.3) is 0 Å². The van der Waals surface area contributed by atoms with Crippen LogP contribution in [0.1, 0.15) is 42.8 Å². The van der Waals surface area contributed by atoms with E-state index in [9.17, 15) is 4.79 Å². The van der Waals surface area contributed by atoms with E-state index in [-0.39, 0.29) is 17.9 Å². The third-order valence-corrected chi connectivity index (χ3v) is 4.50. The van der Waals surface area contributed by atoms with Gasteiger partial charge >= 0.3 is 0 Å². The Morgan fingerprint density at radius 2 is 2.20 bits per heavy atom. The summed E-state index contributed by atoms with van der Waals surface area (Å²) >= 11 is 0. The number of amides is 1. The third-order valence-electron chi connectivity index (χ3n) is 4.50. The average molecular weight is 339 g/mol. The summed E-state index contributed by atoms with van der Waals surface area (Å²) in [6.07, 6.45) is 3.13. The first-order valence-electron chi connectivity index (χ1n) is 8.41. The summed E-state index contributed by atoms with van der Waals surface area (Å²) in [6, 6.07) is 7.34. The maximum atomic E-state index is 12.5. The fourth-order valence-electron chi connectivity index (χ4n) is 3.00. The Labute approximate surface area is 146 Å². The number of pyridine rings is 1. The molecular formula is C18H21N5O2. The van der Waals surface area contributed by atoms with Crippen LogP contribution in [0.5, 0.6) is 0 Å². The Morgan fingerprint density at radius 1 is 1.44 bits per heavy atom. The van der Waals surface area contributed by atoms with Crippen LogP contribution < -0.4 is 10.2 Å². The van der Waals surface area contributed by atoms with Crippen LogP contribution in [0.2, 0.25) is 0 Å². The largest absolute Gasteiger partial charge is 0.359 e. The molecule has 130 valence electrons. The Morgan fingerprint density at radius 3 is 2.76 bits per heavy atom. The highest BCUT2D eigenvalue weighted by Crippen LogP contribution is 2.23. The Balaban J connectivity index is 1.52. The van der Waals surface area contributed by atoms with Gasteiger partial charge in [0, 0.05) is 31.3 Å². The zero-order chi connectivity index (χ0) is 17.8. The minimum absolute atomic E-state index is 0.0129. The first-order chi connectivity index (χ1) is 12.1. The first kappa shape index (κ1) is 17.0. The summed E-state index contributed by atoms with van der Waals surface area (Å²) in [7, 11) is 0. The SMILES string of the molecule is Cc1cc(C(C)NC(=O)C2CCN(c3ccc(C#N)cn3)CC2)on1. The lowest BCUT2D eigenvalue weighted by Gasteiger charge is -2.32. The zero-order valence-corrected chi connectivity index (χ0v) is 14.4. The van der Waals surface area contributed by atoms with Gasteiger partial charge in [0.05, 0.1) is 17.3 Å². The zero-order valence-electron chi connectivity index (χ0n) is 14.4. The molecule has 0 aromatic carbocycles. The second kappa shape index (κ2) is 7.34. The standard InChI is InChI=1S/C18H21N5O2/c1-12-9-16(25-22-12)13(2)21-18(24)15-5-7-23(8-6-15)17-4-3-14(10-19)11-20-17/h3-4,9,11,13,15H,5-8H2,1-2H3,(H,21,24). The number of nitrogens with one attached hydrogen (secondary N) is 1. The van der Waals surface area contributed by atoms with Gasteiger partial charge in [-0.2, -0.15) is 5.26 Å². The van der Waals surface area contributed by atoms with Crippen molar-refractivity contribution in [1.82, 2.24) is 15.5 Å². The molecule has 0 radical (unpaired) electrons. The van der Waals surface area contributed by atoms with Crippen molar-refractivity contribution in [3.8, 4) is 6.07 Å². The van der Waals surface area contributed by atoms with Crippen LogP contribution in [0.4, 0.5) is 5.82 Å². The van der Waals surface area contributed by atoms with E-state index in [1.807, 2.05) is 26.0 Å². The predicted octanol–water partition coefficient (Wildman–Crippen LogP) is 2.34. The fraction of sp³-hybridized carbons (Fsp3) is 0.444. The summed E-state index contributed by atoms with van der Waals surface area (Å²) in [6.45, 7) is 5.29. The number of anilines is 1. The molecule has 0 spiro atoms. The highest BCUT2D eigenvalue weighted by molar-refractivity contribution is 5.79. The van der Waals surface area contributed by atoms with E-state index < -0.39 is 0 Å². The van der Waals surface area contributed by atoms with Crippen molar-refractivity contribution in [3.05, 3.63) is 41.4 Å². The lowest BCUT2D eigenvalue weighted by atomic mass is 9.95. The molecule has 1 fully saturated rings. The summed E-state index contributed by atoms with van der Waals surface area (Å²) in [5, 5.41) is 15.7. The van der Waals surface area contributed by atoms with E-state index in [1.54, 1.807) is 12.3 Å². The maximum Gasteiger partial charge on any atom is 0.223 e. The van der Waals surface area contributed by atoms with Gasteiger partial charge in [-0.05, 0) is 38.8 Å². The Hall–Kier alpha value is -2.88. The second-order valence-electron chi connectivity index (χ2n) is 6.38. The molecule has 3 heterocycles. The molecule has 2 aromatic heterocycles. The molecule has 1 N–H and O–H groups in total. The van der Waals surface area contributed by atoms with Crippen molar-refractivity contribution in [3.63, 3.8) is 0 Å². The van der Waals surface area contributed by atoms with E-state index in [1.165, 1.54) is 0 Å². The highest BCUT2D eigenvalue weighted by Gasteiger charge is 2.27. The number of aromatic nitrogens is 2. The second-order valence-corrected chi connectivity index (χ2v) is 6.38. The minimum atomic E-state index is -0.188. The van der Waals surface area contributed by atoms with E-state index in [4.69, 9.17) is 9.78 Å². The van der Waals surface area contributed by atoms with Gasteiger partial charge in [0.15, 0.2) is 5.76 Å². The predicted molar refractivity (Wildman–Crippen MR) is 91.7 cm³/mol. The molecule has 1 amide bonds. The molecule has 3 rings (SSSR count). The molecule has 1 saturated heterocycles. The number of hydrogen-bond donors (Lipinski definition) is 1. The molecule has 0 aliphatic carbocycles. The highest BCUT2D eigenvalue weighted by atomic mass is 16.5. The fourth-order valence-corrected chi connectivity index (χ4v) is 3.00. The number of rotatable bonds is 4. The maximum absolute atomic E-state index is 12.5. The normalized spacial score (nSPS) is 16.3. The van der Waals surface area contributed by atoms with Gasteiger partial charge in [-0.15, -0.1) is 0 Å². The number of nitrogens with zero attached hydrogens (tertiary/aromatic N) is 4. The molecule has 1 unspecified atom stereocenters. The van der Waals surface area contributed by atoms with E-state index in [0.29, 0.717) is 11.3 Å². The summed E-state index contributed by atoms with van der Waals surface area (Å²) < 4.78 is 5.20. The van der Waals surface area contributed by atoms with Crippen molar-refractivity contribution in [1.29, 1.82) is 5.26 Å². The first-order valence-corrected chi connectivity index (χ1v) is 8.41. The van der Waals surface area contributed by atoms with Crippen LogP contribution in [0, 0.1) is 24.2 Å². The number of hydrogen-bond acceptors (Lipinski definition) is 6. The van der Waals surface area contributed by atoms with Crippen molar-refractivity contribution in [2.24, 2.45) is 5.92 Å². The number of carbonyl (C=O) groups is 1. The number of nitriles is 1. The van der Waals surface area contributed by atoms with Crippen LogP contribution in [0.15, 0.2) is 28.9 Å². The van der Waals surface area contributed by atoms with Crippen molar-refractivity contribution in [2.75, 3.05) is 18.0 Å². The lowest BCUT2D eigenvalue weighted by molar-refractivity contribution is -0.126.